The van der Waals surface area contributed by atoms with Crippen LogP contribution < -0.4 is 0 Å². The topological polar surface area (TPSA) is 31.2 Å². The fourth-order valence-corrected chi connectivity index (χ4v) is 1.52. The predicted octanol–water partition coefficient (Wildman–Crippen LogP) is 3.95. The van der Waals surface area contributed by atoms with E-state index >= 15 is 0 Å². The minimum Gasteiger partial charge on any atom is -0.443 e. The molecule has 1 rings (SSSR count). The number of hydrogen-bond acceptors (Lipinski definition) is 2. The van der Waals surface area contributed by atoms with Crippen LogP contribution in [-0.4, -0.2) is 16.3 Å². The lowest BCUT2D eigenvalue weighted by Gasteiger charge is -2.19. The fraction of sp³-hybridized carbons (Fsp3) is 0.500. The maximum Gasteiger partial charge on any atom is 0.418 e. The van der Waals surface area contributed by atoms with Crippen LogP contribution in [0.3, 0.4) is 0 Å². The molecule has 17 heavy (non-hydrogen) atoms. The van der Waals surface area contributed by atoms with Crippen LogP contribution in [-0.2, 0) is 4.74 Å². The summed E-state index contributed by atoms with van der Waals surface area (Å²) in [6, 6.07) is 1.94. The Morgan fingerprint density at radius 3 is 2.76 bits per heavy atom. The summed E-state index contributed by atoms with van der Waals surface area (Å²) in [5.74, 6) is 0.371. The van der Waals surface area contributed by atoms with E-state index in [4.69, 9.17) is 4.74 Å². The van der Waals surface area contributed by atoms with Gasteiger partial charge in [0.1, 0.15) is 5.60 Å². The smallest absolute Gasteiger partial charge is 0.418 e. The summed E-state index contributed by atoms with van der Waals surface area (Å²) in [6.07, 6.45) is 6.01. The monoisotopic (exact) mass is 235 g/mol. The summed E-state index contributed by atoms with van der Waals surface area (Å²) >= 11 is 0. The number of aromatic nitrogens is 1. The summed E-state index contributed by atoms with van der Waals surface area (Å²) in [6.45, 7) is 11.4. The van der Waals surface area contributed by atoms with E-state index in [0.717, 1.165) is 12.0 Å². The summed E-state index contributed by atoms with van der Waals surface area (Å²) in [4.78, 5) is 11.8. The lowest BCUT2D eigenvalue weighted by molar-refractivity contribution is 0.0537. The third-order valence-corrected chi connectivity index (χ3v) is 2.41. The van der Waals surface area contributed by atoms with Crippen molar-refractivity contribution in [1.82, 2.24) is 4.57 Å². The molecule has 0 aliphatic rings. The Labute approximate surface area is 103 Å². The Hall–Kier alpha value is -1.51. The molecule has 3 heteroatoms. The number of ether oxygens (including phenoxy) is 1. The van der Waals surface area contributed by atoms with Gasteiger partial charge in [0.05, 0.1) is 0 Å². The number of nitrogens with zero attached hydrogens (tertiary/aromatic N) is 1. The van der Waals surface area contributed by atoms with Crippen molar-refractivity contribution in [3.05, 3.63) is 36.7 Å². The van der Waals surface area contributed by atoms with E-state index in [0.29, 0.717) is 5.92 Å². The molecule has 3 nitrogen and oxygen atoms in total. The van der Waals surface area contributed by atoms with Gasteiger partial charge in [0.25, 0.3) is 0 Å². The Morgan fingerprint density at radius 1 is 1.59 bits per heavy atom. The lowest BCUT2D eigenvalue weighted by Crippen LogP contribution is -2.26. The van der Waals surface area contributed by atoms with E-state index in [-0.39, 0.29) is 6.09 Å². The molecular weight excluding hydrogens is 214 g/mol. The molecule has 0 aromatic carbocycles. The molecule has 0 aliphatic heterocycles. The highest BCUT2D eigenvalue weighted by Gasteiger charge is 2.18. The molecule has 0 unspecified atom stereocenters. The molecule has 0 saturated heterocycles. The first kappa shape index (κ1) is 13.6. The summed E-state index contributed by atoms with van der Waals surface area (Å²) in [5, 5.41) is 0. The van der Waals surface area contributed by atoms with Crippen LogP contribution in [0, 0.1) is 0 Å². The van der Waals surface area contributed by atoms with Gasteiger partial charge in [-0.05, 0) is 44.7 Å². The van der Waals surface area contributed by atoms with E-state index in [2.05, 4.69) is 13.5 Å². The third-order valence-electron chi connectivity index (χ3n) is 2.41. The second-order valence-electron chi connectivity index (χ2n) is 5.26. The first-order valence-electron chi connectivity index (χ1n) is 5.85. The van der Waals surface area contributed by atoms with Gasteiger partial charge in [0.15, 0.2) is 0 Å². The zero-order valence-corrected chi connectivity index (χ0v) is 11.1. The van der Waals surface area contributed by atoms with Crippen molar-refractivity contribution in [2.75, 3.05) is 0 Å². The first-order chi connectivity index (χ1) is 7.83. The fourth-order valence-electron chi connectivity index (χ4n) is 1.52. The van der Waals surface area contributed by atoms with Gasteiger partial charge in [-0.15, -0.1) is 6.58 Å². The molecule has 0 N–H and O–H groups in total. The summed E-state index contributed by atoms with van der Waals surface area (Å²) < 4.78 is 6.77. The van der Waals surface area contributed by atoms with Crippen molar-refractivity contribution in [1.29, 1.82) is 0 Å². The van der Waals surface area contributed by atoms with E-state index in [1.165, 1.54) is 4.57 Å². The van der Waals surface area contributed by atoms with E-state index in [9.17, 15) is 4.79 Å². The first-order valence-corrected chi connectivity index (χ1v) is 5.85. The molecule has 1 heterocycles. The van der Waals surface area contributed by atoms with Crippen molar-refractivity contribution in [3.63, 3.8) is 0 Å². The average Bonchev–Trinajstić information content (AvgIpc) is 2.63. The molecule has 0 fully saturated rings. The van der Waals surface area contributed by atoms with Crippen LogP contribution in [0.25, 0.3) is 0 Å². The number of hydrogen-bond donors (Lipinski definition) is 0. The van der Waals surface area contributed by atoms with Crippen molar-refractivity contribution < 1.29 is 9.53 Å². The van der Waals surface area contributed by atoms with Crippen LogP contribution in [0.4, 0.5) is 4.79 Å². The molecule has 0 amide bonds. The standard InChI is InChI=1S/C14H21NO2/c1-6-7-11(2)12-8-9-15(10-12)13(16)17-14(3,4)5/h6,8-11H,1,7H2,2-5H3/t11-/m0/s1. The van der Waals surface area contributed by atoms with Crippen LogP contribution in [0.15, 0.2) is 31.1 Å². The Bertz CT molecular complexity index is 399. The normalized spacial score (nSPS) is 13.2. The molecule has 0 spiro atoms. The van der Waals surface area contributed by atoms with Gasteiger partial charge in [-0.1, -0.05) is 13.0 Å². The van der Waals surface area contributed by atoms with Crippen LogP contribution in [0.5, 0.6) is 0 Å². The van der Waals surface area contributed by atoms with Crippen molar-refractivity contribution in [2.45, 2.75) is 45.6 Å². The SMILES string of the molecule is C=CC[C@H](C)c1ccn(C(=O)OC(C)(C)C)c1. The molecule has 1 aromatic rings. The zero-order chi connectivity index (χ0) is 13.1. The van der Waals surface area contributed by atoms with Crippen molar-refractivity contribution >= 4 is 6.09 Å². The van der Waals surface area contributed by atoms with Gasteiger partial charge in [0, 0.05) is 12.4 Å². The summed E-state index contributed by atoms with van der Waals surface area (Å²) in [5.41, 5.74) is 0.657. The Kier molecular flexibility index (Phi) is 4.16. The largest absolute Gasteiger partial charge is 0.443 e. The molecule has 0 saturated carbocycles. The molecule has 0 bridgehead atoms. The predicted molar refractivity (Wildman–Crippen MR) is 69.3 cm³/mol. The maximum absolute atomic E-state index is 11.8. The van der Waals surface area contributed by atoms with E-state index in [1.807, 2.05) is 39.1 Å². The van der Waals surface area contributed by atoms with Gasteiger partial charge >= 0.3 is 6.09 Å². The Balaban J connectivity index is 2.74. The Morgan fingerprint density at radius 2 is 2.24 bits per heavy atom. The van der Waals surface area contributed by atoms with Gasteiger partial charge in [-0.3, -0.25) is 4.57 Å². The molecule has 1 atom stereocenters. The highest BCUT2D eigenvalue weighted by Crippen LogP contribution is 2.20. The summed E-state index contributed by atoms with van der Waals surface area (Å²) in [7, 11) is 0. The molecule has 0 radical (unpaired) electrons. The van der Waals surface area contributed by atoms with Crippen LogP contribution in [0.2, 0.25) is 0 Å². The van der Waals surface area contributed by atoms with Crippen LogP contribution >= 0.6 is 0 Å². The highest BCUT2D eigenvalue weighted by molar-refractivity contribution is 5.71. The second kappa shape index (κ2) is 5.21. The molecular formula is C14H21NO2. The lowest BCUT2D eigenvalue weighted by atomic mass is 10.0. The average molecular weight is 235 g/mol. The van der Waals surface area contributed by atoms with Crippen LogP contribution in [0.1, 0.15) is 45.6 Å². The van der Waals surface area contributed by atoms with E-state index < -0.39 is 5.60 Å². The molecule has 1 aromatic heterocycles. The highest BCUT2D eigenvalue weighted by atomic mass is 16.6. The third kappa shape index (κ3) is 4.10. The number of rotatable bonds is 3. The number of allylic oxidation sites excluding steroid dienone is 1. The van der Waals surface area contributed by atoms with Gasteiger partial charge in [-0.25, -0.2) is 4.79 Å². The minimum absolute atomic E-state index is 0.338. The maximum atomic E-state index is 11.8. The number of carbonyl (C=O) groups excluding carboxylic acids is 1. The van der Waals surface area contributed by atoms with Gasteiger partial charge in [0.2, 0.25) is 0 Å². The molecule has 94 valence electrons. The van der Waals surface area contributed by atoms with Gasteiger partial charge < -0.3 is 4.74 Å². The van der Waals surface area contributed by atoms with Crippen molar-refractivity contribution in [3.8, 4) is 0 Å². The van der Waals surface area contributed by atoms with Gasteiger partial charge in [-0.2, -0.15) is 0 Å². The number of carbonyl (C=O) groups is 1. The van der Waals surface area contributed by atoms with E-state index in [1.54, 1.807) is 6.20 Å². The quantitative estimate of drug-likeness (QED) is 0.743. The van der Waals surface area contributed by atoms with Crippen molar-refractivity contribution in [2.24, 2.45) is 0 Å². The molecule has 0 aliphatic carbocycles. The minimum atomic E-state index is -0.464. The zero-order valence-electron chi connectivity index (χ0n) is 11.1. The second-order valence-corrected chi connectivity index (χ2v) is 5.26.